The molecule has 0 fully saturated rings. The van der Waals surface area contributed by atoms with Gasteiger partial charge in [0.1, 0.15) is 5.15 Å². The van der Waals surface area contributed by atoms with Crippen LogP contribution in [0, 0.1) is 0 Å². The van der Waals surface area contributed by atoms with Gasteiger partial charge in [0.15, 0.2) is 9.84 Å². The molecule has 122 valence electrons. The average Bonchev–Trinajstić information content (AvgIpc) is 2.55. The van der Waals surface area contributed by atoms with Crippen LogP contribution in [0.5, 0.6) is 0 Å². The van der Waals surface area contributed by atoms with E-state index in [4.69, 9.17) is 11.6 Å². The van der Waals surface area contributed by atoms with Gasteiger partial charge in [0, 0.05) is 6.07 Å². The molecule has 0 spiro atoms. The lowest BCUT2D eigenvalue weighted by atomic mass is 10.2. The average molecular weight is 353 g/mol. The lowest BCUT2D eigenvalue weighted by Gasteiger charge is -2.14. The van der Waals surface area contributed by atoms with Crippen molar-refractivity contribution in [2.45, 2.75) is 23.8 Å². The third kappa shape index (κ3) is 4.53. The van der Waals surface area contributed by atoms with E-state index in [9.17, 15) is 13.2 Å². The summed E-state index contributed by atoms with van der Waals surface area (Å²) in [5, 5.41) is 4.17. The Morgan fingerprint density at radius 1 is 1.22 bits per heavy atom. The highest BCUT2D eigenvalue weighted by atomic mass is 35.5. The largest absolute Gasteiger partial charge is 0.268 e. The monoisotopic (exact) mass is 352 g/mol. The predicted octanol–water partition coefficient (Wildman–Crippen LogP) is 2.88. The van der Waals surface area contributed by atoms with E-state index in [1.807, 2.05) is 0 Å². The first-order chi connectivity index (χ1) is 10.9. The van der Waals surface area contributed by atoms with Gasteiger partial charge >= 0.3 is 0 Å². The Kier molecular flexibility index (Phi) is 5.74. The van der Waals surface area contributed by atoms with Crippen molar-refractivity contribution in [3.63, 3.8) is 0 Å². The molecule has 23 heavy (non-hydrogen) atoms. The Morgan fingerprint density at radius 3 is 2.57 bits per heavy atom. The summed E-state index contributed by atoms with van der Waals surface area (Å²) in [5.41, 5.74) is -0.301. The number of benzene rings is 1. The lowest BCUT2D eigenvalue weighted by molar-refractivity contribution is 0.474. The van der Waals surface area contributed by atoms with Crippen LogP contribution >= 0.6 is 11.6 Å². The van der Waals surface area contributed by atoms with Crippen molar-refractivity contribution in [3.8, 4) is 0 Å². The van der Waals surface area contributed by atoms with Gasteiger partial charge in [-0.05, 0) is 31.0 Å². The minimum absolute atomic E-state index is 0.00330. The summed E-state index contributed by atoms with van der Waals surface area (Å²) >= 11 is 5.80. The SMILES string of the molecule is C=C[C@H](CCCS(=O)(=O)c1ccccc1)n1nc(Cl)ccc1=O. The number of hydrogen-bond acceptors (Lipinski definition) is 4. The normalized spacial score (nSPS) is 12.7. The fraction of sp³-hybridized carbons (Fsp3) is 0.250. The van der Waals surface area contributed by atoms with Crippen molar-refractivity contribution in [2.24, 2.45) is 0 Å². The van der Waals surface area contributed by atoms with Crippen LogP contribution in [0.2, 0.25) is 5.15 Å². The summed E-state index contributed by atoms with van der Waals surface area (Å²) in [6, 6.07) is 10.6. The number of halogens is 1. The van der Waals surface area contributed by atoms with Crippen molar-refractivity contribution in [1.82, 2.24) is 9.78 Å². The van der Waals surface area contributed by atoms with Gasteiger partial charge < -0.3 is 0 Å². The molecular weight excluding hydrogens is 336 g/mol. The van der Waals surface area contributed by atoms with Gasteiger partial charge in [-0.15, -0.1) is 6.58 Å². The number of aromatic nitrogens is 2. The third-order valence-electron chi connectivity index (χ3n) is 3.39. The van der Waals surface area contributed by atoms with Crippen LogP contribution in [0.25, 0.3) is 0 Å². The van der Waals surface area contributed by atoms with E-state index < -0.39 is 15.9 Å². The summed E-state index contributed by atoms with van der Waals surface area (Å²) in [4.78, 5) is 12.1. The van der Waals surface area contributed by atoms with Crippen molar-refractivity contribution in [3.05, 3.63) is 70.6 Å². The summed E-state index contributed by atoms with van der Waals surface area (Å²) in [6.45, 7) is 3.69. The summed E-state index contributed by atoms with van der Waals surface area (Å²) in [7, 11) is -3.33. The van der Waals surface area contributed by atoms with E-state index in [0.29, 0.717) is 17.7 Å². The molecule has 0 saturated heterocycles. The van der Waals surface area contributed by atoms with E-state index in [1.165, 1.54) is 16.8 Å². The number of sulfone groups is 1. The predicted molar refractivity (Wildman–Crippen MR) is 90.5 cm³/mol. The Hall–Kier alpha value is -1.92. The Labute approximate surface area is 140 Å². The van der Waals surface area contributed by atoms with Gasteiger partial charge in [0.05, 0.1) is 16.7 Å². The zero-order valence-electron chi connectivity index (χ0n) is 12.4. The molecule has 0 N–H and O–H groups in total. The maximum absolute atomic E-state index is 12.2. The third-order valence-corrected chi connectivity index (χ3v) is 5.41. The van der Waals surface area contributed by atoms with E-state index in [1.54, 1.807) is 36.4 Å². The van der Waals surface area contributed by atoms with Crippen molar-refractivity contribution < 1.29 is 8.42 Å². The van der Waals surface area contributed by atoms with E-state index in [0.717, 1.165) is 0 Å². The first-order valence-electron chi connectivity index (χ1n) is 7.10. The van der Waals surface area contributed by atoms with Gasteiger partial charge in [-0.1, -0.05) is 35.9 Å². The first kappa shape index (κ1) is 17.4. The number of rotatable bonds is 7. The van der Waals surface area contributed by atoms with Crippen LogP contribution in [-0.2, 0) is 9.84 Å². The standard InChI is InChI=1S/C16H17ClN2O3S/c1-2-13(19-16(20)11-10-15(17)18-19)7-6-12-23(21,22)14-8-4-3-5-9-14/h2-5,8-11,13H,1,6-7,12H2/t13-/m1/s1. The zero-order valence-corrected chi connectivity index (χ0v) is 14.0. The summed E-state index contributed by atoms with van der Waals surface area (Å²) < 4.78 is 25.7. The molecule has 0 aliphatic rings. The summed E-state index contributed by atoms with van der Waals surface area (Å²) in [6.07, 6.45) is 2.39. The fourth-order valence-corrected chi connectivity index (χ4v) is 3.71. The molecule has 0 aliphatic carbocycles. The van der Waals surface area contributed by atoms with Crippen LogP contribution in [0.4, 0.5) is 0 Å². The van der Waals surface area contributed by atoms with Crippen molar-refractivity contribution >= 4 is 21.4 Å². The second kappa shape index (κ2) is 7.57. The first-order valence-corrected chi connectivity index (χ1v) is 9.13. The van der Waals surface area contributed by atoms with Crippen LogP contribution < -0.4 is 5.56 Å². The Balaban J connectivity index is 2.06. The molecule has 1 heterocycles. The number of allylic oxidation sites excluding steroid dienone is 1. The second-order valence-corrected chi connectivity index (χ2v) is 7.51. The molecule has 0 radical (unpaired) electrons. The molecule has 0 unspecified atom stereocenters. The second-order valence-electron chi connectivity index (χ2n) is 5.02. The molecule has 0 saturated carbocycles. The topological polar surface area (TPSA) is 69.0 Å². The molecule has 2 rings (SSSR count). The highest BCUT2D eigenvalue weighted by Crippen LogP contribution is 2.17. The molecule has 1 aromatic heterocycles. The van der Waals surface area contributed by atoms with Gasteiger partial charge in [-0.25, -0.2) is 13.1 Å². The van der Waals surface area contributed by atoms with Crippen molar-refractivity contribution in [1.29, 1.82) is 0 Å². The smallest absolute Gasteiger partial charge is 0.267 e. The molecule has 1 aromatic carbocycles. The van der Waals surface area contributed by atoms with Gasteiger partial charge in [-0.2, -0.15) is 5.10 Å². The van der Waals surface area contributed by atoms with E-state index in [2.05, 4.69) is 11.7 Å². The molecule has 0 amide bonds. The molecule has 0 aliphatic heterocycles. The molecule has 1 atom stereocenters. The molecule has 5 nitrogen and oxygen atoms in total. The van der Waals surface area contributed by atoms with Gasteiger partial charge in [0.25, 0.3) is 5.56 Å². The number of nitrogens with zero attached hydrogens (tertiary/aromatic N) is 2. The van der Waals surface area contributed by atoms with Crippen LogP contribution in [0.15, 0.2) is 64.8 Å². The Bertz CT molecular complexity index is 832. The van der Waals surface area contributed by atoms with Gasteiger partial charge in [0.2, 0.25) is 0 Å². The molecule has 7 heteroatoms. The fourth-order valence-electron chi connectivity index (χ4n) is 2.21. The molecule has 0 bridgehead atoms. The zero-order chi connectivity index (χ0) is 16.9. The lowest BCUT2D eigenvalue weighted by Crippen LogP contribution is -2.26. The quantitative estimate of drug-likeness (QED) is 0.718. The highest BCUT2D eigenvalue weighted by molar-refractivity contribution is 7.91. The van der Waals surface area contributed by atoms with Crippen LogP contribution in [0.1, 0.15) is 18.9 Å². The van der Waals surface area contributed by atoms with Crippen LogP contribution in [0.3, 0.4) is 0 Å². The number of hydrogen-bond donors (Lipinski definition) is 0. The van der Waals surface area contributed by atoms with Crippen LogP contribution in [-0.4, -0.2) is 24.0 Å². The van der Waals surface area contributed by atoms with Gasteiger partial charge in [-0.3, -0.25) is 4.79 Å². The molecule has 2 aromatic rings. The highest BCUT2D eigenvalue weighted by Gasteiger charge is 2.16. The maximum Gasteiger partial charge on any atom is 0.267 e. The Morgan fingerprint density at radius 2 is 1.91 bits per heavy atom. The van der Waals surface area contributed by atoms with Crippen molar-refractivity contribution in [2.75, 3.05) is 5.75 Å². The van der Waals surface area contributed by atoms with E-state index >= 15 is 0 Å². The van der Waals surface area contributed by atoms with E-state index in [-0.39, 0.29) is 16.5 Å². The maximum atomic E-state index is 12.2. The minimum atomic E-state index is -3.33. The minimum Gasteiger partial charge on any atom is -0.268 e. The molecular formula is C16H17ClN2O3S. The summed E-state index contributed by atoms with van der Waals surface area (Å²) in [5.74, 6) is -0.00330.